The minimum atomic E-state index is -4.14. The lowest BCUT2D eigenvalue weighted by Crippen LogP contribution is -2.50. The van der Waals surface area contributed by atoms with Crippen LogP contribution in [0.3, 0.4) is 0 Å². The summed E-state index contributed by atoms with van der Waals surface area (Å²) in [5, 5.41) is 3.21. The number of anilines is 1. The molecule has 3 aromatic rings. The van der Waals surface area contributed by atoms with Crippen LogP contribution in [0.4, 0.5) is 5.69 Å². The molecule has 0 aliphatic heterocycles. The Labute approximate surface area is 234 Å². The van der Waals surface area contributed by atoms with Crippen molar-refractivity contribution in [3.05, 3.63) is 93.0 Å². The van der Waals surface area contributed by atoms with Crippen molar-refractivity contribution in [3.8, 4) is 0 Å². The van der Waals surface area contributed by atoms with Crippen LogP contribution in [0.1, 0.15) is 29.2 Å². The van der Waals surface area contributed by atoms with Gasteiger partial charge in [0.05, 0.1) is 10.6 Å². The Morgan fingerprint density at radius 2 is 1.50 bits per heavy atom. The number of nitrogens with one attached hydrogen (secondary N) is 1. The largest absolute Gasteiger partial charge is 0.357 e. The summed E-state index contributed by atoms with van der Waals surface area (Å²) in [5.41, 5.74) is 3.37. The van der Waals surface area contributed by atoms with E-state index in [-0.39, 0.29) is 11.4 Å². The maximum atomic E-state index is 13.9. The molecule has 10 heteroatoms. The van der Waals surface area contributed by atoms with E-state index >= 15 is 0 Å². The molecule has 1 N–H and O–H groups in total. The van der Waals surface area contributed by atoms with Gasteiger partial charge in [-0.3, -0.25) is 13.9 Å². The number of carbonyl (C=O) groups is 2. The monoisotopic (exact) mass is 575 g/mol. The van der Waals surface area contributed by atoms with Gasteiger partial charge in [0.15, 0.2) is 0 Å². The second-order valence-electron chi connectivity index (χ2n) is 9.13. The molecule has 0 unspecified atom stereocenters. The molecule has 3 rings (SSSR count). The quantitative estimate of drug-likeness (QED) is 0.376. The third-order valence-corrected chi connectivity index (χ3v) is 8.79. The molecule has 2 amide bonds. The topological polar surface area (TPSA) is 86.8 Å². The van der Waals surface area contributed by atoms with Gasteiger partial charge < -0.3 is 10.2 Å². The molecule has 0 spiro atoms. The van der Waals surface area contributed by atoms with Gasteiger partial charge in [0.25, 0.3) is 10.0 Å². The number of hydrogen-bond donors (Lipinski definition) is 1. The molecule has 7 nitrogen and oxygen atoms in total. The first-order valence-corrected chi connectivity index (χ1v) is 14.2. The Morgan fingerprint density at radius 3 is 2.05 bits per heavy atom. The fourth-order valence-electron chi connectivity index (χ4n) is 4.08. The Morgan fingerprint density at radius 1 is 0.921 bits per heavy atom. The molecule has 0 aromatic heterocycles. The number of nitrogens with zero attached hydrogens (tertiary/aromatic N) is 2. The van der Waals surface area contributed by atoms with E-state index in [0.29, 0.717) is 26.9 Å². The van der Waals surface area contributed by atoms with E-state index in [0.717, 1.165) is 15.4 Å². The van der Waals surface area contributed by atoms with Crippen LogP contribution >= 0.6 is 23.2 Å². The first-order chi connectivity index (χ1) is 17.9. The van der Waals surface area contributed by atoms with Gasteiger partial charge in [-0.15, -0.1) is 0 Å². The van der Waals surface area contributed by atoms with Gasteiger partial charge >= 0.3 is 0 Å². The van der Waals surface area contributed by atoms with Gasteiger partial charge in [-0.2, -0.15) is 0 Å². The molecule has 0 heterocycles. The van der Waals surface area contributed by atoms with E-state index in [1.165, 1.54) is 24.1 Å². The number of rotatable bonds is 9. The van der Waals surface area contributed by atoms with Crippen molar-refractivity contribution in [1.29, 1.82) is 0 Å². The van der Waals surface area contributed by atoms with Crippen molar-refractivity contribution < 1.29 is 18.0 Å². The van der Waals surface area contributed by atoms with Crippen LogP contribution in [-0.2, 0) is 26.2 Å². The second kappa shape index (κ2) is 12.2. The minimum absolute atomic E-state index is 0.0518. The highest BCUT2D eigenvalue weighted by atomic mass is 35.5. The van der Waals surface area contributed by atoms with Crippen molar-refractivity contribution in [2.45, 2.75) is 45.2 Å². The standard InChI is InChI=1S/C28H31Cl2N3O4S/c1-18-9-12-22(13-10-18)38(36,37)33(26-14-11-19(2)15-20(26)3)17-27(34)32(21(4)28(35)31-5)16-23-24(29)7-6-8-25(23)30/h6-15,21H,16-17H2,1-5H3,(H,31,35)/t21-/m0/s1. The summed E-state index contributed by atoms with van der Waals surface area (Å²) in [7, 11) is -2.68. The molecule has 3 aromatic carbocycles. The molecule has 0 radical (unpaired) electrons. The lowest BCUT2D eigenvalue weighted by molar-refractivity contribution is -0.139. The van der Waals surface area contributed by atoms with E-state index < -0.39 is 34.4 Å². The minimum Gasteiger partial charge on any atom is -0.357 e. The smallest absolute Gasteiger partial charge is 0.264 e. The second-order valence-corrected chi connectivity index (χ2v) is 11.8. The lowest BCUT2D eigenvalue weighted by atomic mass is 10.1. The summed E-state index contributed by atoms with van der Waals surface area (Å²) in [6.07, 6.45) is 0. The van der Waals surface area contributed by atoms with Crippen molar-refractivity contribution in [2.75, 3.05) is 17.9 Å². The molecule has 0 bridgehead atoms. The zero-order valence-corrected chi connectivity index (χ0v) is 24.3. The molecule has 0 saturated heterocycles. The van der Waals surface area contributed by atoms with E-state index in [2.05, 4.69) is 5.32 Å². The summed E-state index contributed by atoms with van der Waals surface area (Å²) >= 11 is 12.7. The van der Waals surface area contributed by atoms with Crippen LogP contribution in [0.15, 0.2) is 65.6 Å². The molecule has 0 aliphatic rings. The van der Waals surface area contributed by atoms with Crippen LogP contribution in [0.25, 0.3) is 0 Å². The average Bonchev–Trinajstić information content (AvgIpc) is 2.86. The summed E-state index contributed by atoms with van der Waals surface area (Å²) in [6.45, 7) is 6.50. The molecular weight excluding hydrogens is 545 g/mol. The highest BCUT2D eigenvalue weighted by Gasteiger charge is 2.33. The van der Waals surface area contributed by atoms with Crippen LogP contribution in [-0.4, -0.2) is 44.8 Å². The van der Waals surface area contributed by atoms with E-state index in [1.807, 2.05) is 19.9 Å². The van der Waals surface area contributed by atoms with Gasteiger partial charge in [-0.1, -0.05) is 64.7 Å². The fourth-order valence-corrected chi connectivity index (χ4v) is 6.08. The highest BCUT2D eigenvalue weighted by molar-refractivity contribution is 7.92. The van der Waals surface area contributed by atoms with E-state index in [1.54, 1.807) is 56.3 Å². The van der Waals surface area contributed by atoms with Crippen LogP contribution < -0.4 is 9.62 Å². The Bertz CT molecular complexity index is 1420. The van der Waals surface area contributed by atoms with E-state index in [4.69, 9.17) is 23.2 Å². The summed E-state index contributed by atoms with van der Waals surface area (Å²) in [6, 6.07) is 15.8. The van der Waals surface area contributed by atoms with Gasteiger partial charge in [-0.25, -0.2) is 8.42 Å². The number of likely N-dealkylation sites (N-methyl/N-ethyl adjacent to an activating group) is 1. The number of carbonyl (C=O) groups excluding carboxylic acids is 2. The van der Waals surface area contributed by atoms with Crippen molar-refractivity contribution in [2.24, 2.45) is 0 Å². The Hall–Kier alpha value is -3.07. The molecule has 0 fully saturated rings. The predicted octanol–water partition coefficient (Wildman–Crippen LogP) is 5.28. The third-order valence-electron chi connectivity index (χ3n) is 6.31. The number of aryl methyl sites for hydroxylation is 3. The van der Waals surface area contributed by atoms with E-state index in [9.17, 15) is 18.0 Å². The Balaban J connectivity index is 2.10. The fraction of sp³-hybridized carbons (Fsp3) is 0.286. The maximum absolute atomic E-state index is 13.9. The summed E-state index contributed by atoms with van der Waals surface area (Å²) in [5.74, 6) is -1.01. The highest BCUT2D eigenvalue weighted by Crippen LogP contribution is 2.30. The maximum Gasteiger partial charge on any atom is 0.264 e. The number of halogens is 2. The molecule has 202 valence electrons. The number of sulfonamides is 1. The average molecular weight is 577 g/mol. The van der Waals surface area contributed by atoms with Crippen LogP contribution in [0.2, 0.25) is 10.0 Å². The van der Waals surface area contributed by atoms with Crippen molar-refractivity contribution in [1.82, 2.24) is 10.2 Å². The number of amides is 2. The molecule has 38 heavy (non-hydrogen) atoms. The van der Waals surface area contributed by atoms with Crippen molar-refractivity contribution >= 4 is 50.7 Å². The summed E-state index contributed by atoms with van der Waals surface area (Å²) in [4.78, 5) is 27.8. The first kappa shape index (κ1) is 29.5. The van der Waals surface area contributed by atoms with Crippen LogP contribution in [0, 0.1) is 20.8 Å². The number of hydrogen-bond acceptors (Lipinski definition) is 4. The van der Waals surface area contributed by atoms with Gasteiger partial charge in [0.2, 0.25) is 11.8 Å². The summed E-state index contributed by atoms with van der Waals surface area (Å²) < 4.78 is 28.9. The molecule has 0 saturated carbocycles. The zero-order valence-electron chi connectivity index (χ0n) is 22.0. The predicted molar refractivity (Wildman–Crippen MR) is 152 cm³/mol. The van der Waals surface area contributed by atoms with Gasteiger partial charge in [-0.05, 0) is 63.6 Å². The zero-order chi connectivity index (χ0) is 28.2. The first-order valence-electron chi connectivity index (χ1n) is 12.0. The SMILES string of the molecule is CNC(=O)[C@H](C)N(Cc1c(Cl)cccc1Cl)C(=O)CN(c1ccc(C)cc1C)S(=O)(=O)c1ccc(C)cc1. The molecular formula is C28H31Cl2N3O4S. The lowest BCUT2D eigenvalue weighted by Gasteiger charge is -2.32. The Kier molecular flexibility index (Phi) is 9.46. The third kappa shape index (κ3) is 6.49. The van der Waals surface area contributed by atoms with Gasteiger partial charge in [0, 0.05) is 29.2 Å². The number of benzene rings is 3. The normalized spacial score (nSPS) is 12.1. The molecule has 0 aliphatic carbocycles. The molecule has 1 atom stereocenters. The van der Waals surface area contributed by atoms with Crippen LogP contribution in [0.5, 0.6) is 0 Å². The van der Waals surface area contributed by atoms with Crippen molar-refractivity contribution in [3.63, 3.8) is 0 Å². The van der Waals surface area contributed by atoms with Gasteiger partial charge in [0.1, 0.15) is 12.6 Å².